The normalized spacial score (nSPS) is 11.6. The van der Waals surface area contributed by atoms with Crippen molar-refractivity contribution < 1.29 is 14.5 Å². The fourth-order valence-electron chi connectivity index (χ4n) is 1.50. The van der Waals surface area contributed by atoms with Crippen molar-refractivity contribution in [2.75, 3.05) is 6.54 Å². The minimum atomic E-state index is -0.766. The Kier molecular flexibility index (Phi) is 5.45. The van der Waals surface area contributed by atoms with E-state index in [2.05, 4.69) is 10.6 Å². The SMILES string of the molecule is CCNC(=O)C(C)NC(=O)c1cccc([N+](=O)[O-])c1Cl. The molecule has 1 unspecified atom stereocenters. The summed E-state index contributed by atoms with van der Waals surface area (Å²) in [6.07, 6.45) is 0. The molecule has 0 saturated carbocycles. The molecule has 0 bridgehead atoms. The summed E-state index contributed by atoms with van der Waals surface area (Å²) in [5, 5.41) is 15.5. The maximum atomic E-state index is 12.0. The van der Waals surface area contributed by atoms with Gasteiger partial charge in [0, 0.05) is 12.6 Å². The summed E-state index contributed by atoms with van der Waals surface area (Å²) in [7, 11) is 0. The fraction of sp³-hybridized carbons (Fsp3) is 0.333. The Morgan fingerprint density at radius 1 is 1.45 bits per heavy atom. The molecule has 1 aromatic rings. The number of hydrogen-bond acceptors (Lipinski definition) is 4. The Morgan fingerprint density at radius 2 is 2.10 bits per heavy atom. The second kappa shape index (κ2) is 6.85. The van der Waals surface area contributed by atoms with Gasteiger partial charge in [0.15, 0.2) is 0 Å². The monoisotopic (exact) mass is 299 g/mol. The number of carbonyl (C=O) groups is 2. The van der Waals surface area contributed by atoms with E-state index in [9.17, 15) is 19.7 Å². The Labute approximate surface area is 120 Å². The van der Waals surface area contributed by atoms with Crippen LogP contribution < -0.4 is 10.6 Å². The zero-order chi connectivity index (χ0) is 15.3. The summed E-state index contributed by atoms with van der Waals surface area (Å²) < 4.78 is 0. The third-order valence-electron chi connectivity index (χ3n) is 2.51. The molecule has 0 aromatic heterocycles. The van der Waals surface area contributed by atoms with Gasteiger partial charge >= 0.3 is 0 Å². The summed E-state index contributed by atoms with van der Waals surface area (Å²) in [4.78, 5) is 33.5. The van der Waals surface area contributed by atoms with Gasteiger partial charge in [-0.3, -0.25) is 19.7 Å². The highest BCUT2D eigenvalue weighted by molar-refractivity contribution is 6.35. The van der Waals surface area contributed by atoms with Gasteiger partial charge in [0.25, 0.3) is 11.6 Å². The quantitative estimate of drug-likeness (QED) is 0.635. The van der Waals surface area contributed by atoms with E-state index < -0.39 is 16.9 Å². The largest absolute Gasteiger partial charge is 0.355 e. The number of nitrogens with zero attached hydrogens (tertiary/aromatic N) is 1. The third kappa shape index (κ3) is 3.67. The first-order valence-corrected chi connectivity index (χ1v) is 6.27. The lowest BCUT2D eigenvalue weighted by molar-refractivity contribution is -0.384. The van der Waals surface area contributed by atoms with Crippen molar-refractivity contribution in [3.63, 3.8) is 0 Å². The number of amides is 2. The molecule has 1 rings (SSSR count). The van der Waals surface area contributed by atoms with Gasteiger partial charge in [-0.15, -0.1) is 0 Å². The Morgan fingerprint density at radius 3 is 2.65 bits per heavy atom. The molecule has 0 aliphatic rings. The van der Waals surface area contributed by atoms with E-state index in [1.54, 1.807) is 6.92 Å². The van der Waals surface area contributed by atoms with Crippen LogP contribution in [0.1, 0.15) is 24.2 Å². The molecule has 0 aliphatic carbocycles. The van der Waals surface area contributed by atoms with E-state index in [0.717, 1.165) is 0 Å². The summed E-state index contributed by atoms with van der Waals surface area (Å²) >= 11 is 5.82. The summed E-state index contributed by atoms with van der Waals surface area (Å²) in [5.74, 6) is -0.986. The van der Waals surface area contributed by atoms with Crippen LogP contribution >= 0.6 is 11.6 Å². The average Bonchev–Trinajstić information content (AvgIpc) is 2.38. The fourth-order valence-corrected chi connectivity index (χ4v) is 1.78. The zero-order valence-electron chi connectivity index (χ0n) is 11.0. The number of hydrogen-bond donors (Lipinski definition) is 2. The highest BCUT2D eigenvalue weighted by atomic mass is 35.5. The lowest BCUT2D eigenvalue weighted by atomic mass is 10.1. The van der Waals surface area contributed by atoms with Crippen LogP contribution in [0, 0.1) is 10.1 Å². The summed E-state index contributed by atoms with van der Waals surface area (Å²) in [6.45, 7) is 3.70. The Hall–Kier alpha value is -2.15. The van der Waals surface area contributed by atoms with Crippen molar-refractivity contribution in [2.45, 2.75) is 19.9 Å². The number of likely N-dealkylation sites (N-methyl/N-ethyl adjacent to an activating group) is 1. The maximum Gasteiger partial charge on any atom is 0.288 e. The minimum absolute atomic E-state index is 0.0444. The lowest BCUT2D eigenvalue weighted by Gasteiger charge is -2.13. The van der Waals surface area contributed by atoms with Gasteiger partial charge in [-0.1, -0.05) is 17.7 Å². The predicted molar refractivity (Wildman–Crippen MR) is 73.7 cm³/mol. The van der Waals surface area contributed by atoms with Crippen LogP contribution in [0.4, 0.5) is 5.69 Å². The van der Waals surface area contributed by atoms with Gasteiger partial charge in [-0.2, -0.15) is 0 Å². The Balaban J connectivity index is 2.91. The molecule has 2 N–H and O–H groups in total. The number of nitrogens with one attached hydrogen (secondary N) is 2. The molecule has 20 heavy (non-hydrogen) atoms. The molecular weight excluding hydrogens is 286 g/mol. The number of nitro groups is 1. The highest BCUT2D eigenvalue weighted by Crippen LogP contribution is 2.27. The predicted octanol–water partition coefficient (Wildman–Crippen LogP) is 1.50. The van der Waals surface area contributed by atoms with Gasteiger partial charge in [0.1, 0.15) is 11.1 Å². The van der Waals surface area contributed by atoms with Crippen molar-refractivity contribution in [1.29, 1.82) is 0 Å². The van der Waals surface area contributed by atoms with Gasteiger partial charge in [0.2, 0.25) is 5.91 Å². The van der Waals surface area contributed by atoms with E-state index in [4.69, 9.17) is 11.6 Å². The molecule has 2 amide bonds. The molecular formula is C12H14ClN3O4. The van der Waals surface area contributed by atoms with Crippen LogP contribution in [-0.4, -0.2) is 29.3 Å². The highest BCUT2D eigenvalue weighted by Gasteiger charge is 2.22. The van der Waals surface area contributed by atoms with Gasteiger partial charge < -0.3 is 10.6 Å². The molecule has 0 fully saturated rings. The number of rotatable bonds is 5. The number of benzene rings is 1. The van der Waals surface area contributed by atoms with E-state index >= 15 is 0 Å². The second-order valence-electron chi connectivity index (χ2n) is 3.99. The zero-order valence-corrected chi connectivity index (χ0v) is 11.7. The molecule has 108 valence electrons. The first kappa shape index (κ1) is 15.9. The average molecular weight is 300 g/mol. The molecule has 8 heteroatoms. The smallest absolute Gasteiger partial charge is 0.288 e. The van der Waals surface area contributed by atoms with Crippen LogP contribution in [0.2, 0.25) is 5.02 Å². The van der Waals surface area contributed by atoms with E-state index in [-0.39, 0.29) is 22.2 Å². The lowest BCUT2D eigenvalue weighted by Crippen LogP contribution is -2.44. The summed E-state index contributed by atoms with van der Waals surface area (Å²) in [6, 6.07) is 3.15. The van der Waals surface area contributed by atoms with Crippen LogP contribution in [0.25, 0.3) is 0 Å². The maximum absolute atomic E-state index is 12.0. The van der Waals surface area contributed by atoms with E-state index in [1.807, 2.05) is 0 Å². The number of halogens is 1. The van der Waals surface area contributed by atoms with Crippen LogP contribution in [0.15, 0.2) is 18.2 Å². The molecule has 0 saturated heterocycles. The molecule has 0 aliphatic heterocycles. The van der Waals surface area contributed by atoms with Gasteiger partial charge in [-0.25, -0.2) is 0 Å². The van der Waals surface area contributed by atoms with Crippen molar-refractivity contribution >= 4 is 29.1 Å². The molecule has 0 heterocycles. The van der Waals surface area contributed by atoms with Crippen LogP contribution in [0.3, 0.4) is 0 Å². The van der Waals surface area contributed by atoms with Gasteiger partial charge in [0.05, 0.1) is 10.5 Å². The van der Waals surface area contributed by atoms with Crippen LogP contribution in [0.5, 0.6) is 0 Å². The number of nitro benzene ring substituents is 1. The second-order valence-corrected chi connectivity index (χ2v) is 4.36. The van der Waals surface area contributed by atoms with E-state index in [1.165, 1.54) is 25.1 Å². The van der Waals surface area contributed by atoms with Crippen molar-refractivity contribution in [3.05, 3.63) is 38.9 Å². The number of carbonyl (C=O) groups excluding carboxylic acids is 2. The van der Waals surface area contributed by atoms with Crippen molar-refractivity contribution in [2.24, 2.45) is 0 Å². The van der Waals surface area contributed by atoms with E-state index in [0.29, 0.717) is 6.54 Å². The Bertz CT molecular complexity index is 548. The van der Waals surface area contributed by atoms with Crippen molar-refractivity contribution in [3.8, 4) is 0 Å². The summed E-state index contributed by atoms with van der Waals surface area (Å²) in [5.41, 5.74) is -0.401. The molecule has 1 aromatic carbocycles. The molecule has 0 spiro atoms. The van der Waals surface area contributed by atoms with Gasteiger partial charge in [-0.05, 0) is 19.9 Å². The molecule has 0 radical (unpaired) electrons. The first-order chi connectivity index (χ1) is 9.38. The molecule has 1 atom stereocenters. The minimum Gasteiger partial charge on any atom is -0.355 e. The topological polar surface area (TPSA) is 101 Å². The third-order valence-corrected chi connectivity index (χ3v) is 2.91. The van der Waals surface area contributed by atoms with Crippen molar-refractivity contribution in [1.82, 2.24) is 10.6 Å². The van der Waals surface area contributed by atoms with Crippen LogP contribution in [-0.2, 0) is 4.79 Å². The first-order valence-electron chi connectivity index (χ1n) is 5.90. The molecule has 7 nitrogen and oxygen atoms in total. The standard InChI is InChI=1S/C12H14ClN3O4/c1-3-14-11(17)7(2)15-12(18)8-5-4-6-9(10(8)13)16(19)20/h4-7H,3H2,1-2H3,(H,14,17)(H,15,18).